The van der Waals surface area contributed by atoms with Gasteiger partial charge in [0.15, 0.2) is 6.61 Å². The van der Waals surface area contributed by atoms with E-state index in [1.54, 1.807) is 16.2 Å². The molecule has 0 saturated carbocycles. The van der Waals surface area contributed by atoms with Crippen LogP contribution in [0, 0.1) is 0 Å². The number of hydrogen-bond acceptors (Lipinski definition) is 6. The monoisotopic (exact) mass is 373 g/mol. The number of nitrogens with zero attached hydrogens (tertiary/aromatic N) is 3. The third-order valence-electron chi connectivity index (χ3n) is 4.88. The summed E-state index contributed by atoms with van der Waals surface area (Å²) in [6, 6.07) is 5.43. The summed E-state index contributed by atoms with van der Waals surface area (Å²) in [5.74, 6) is -0.311. The molecular weight excluding hydrogens is 354 g/mol. The Hall–Kier alpha value is -2.48. The molecule has 136 valence electrons. The van der Waals surface area contributed by atoms with Crippen molar-refractivity contribution in [1.29, 1.82) is 0 Å². The number of aromatic nitrogens is 1. The first kappa shape index (κ1) is 17.0. The Bertz CT molecular complexity index is 870. The summed E-state index contributed by atoms with van der Waals surface area (Å²) in [6.07, 6.45) is 1.47. The summed E-state index contributed by atoms with van der Waals surface area (Å²) in [4.78, 5) is 43.8. The molecule has 1 aromatic carbocycles. The number of carbonyl (C=O) groups is 3. The number of hydrogen-bond donors (Lipinski definition) is 0. The van der Waals surface area contributed by atoms with Crippen molar-refractivity contribution in [1.82, 2.24) is 14.8 Å². The zero-order valence-corrected chi connectivity index (χ0v) is 15.3. The van der Waals surface area contributed by atoms with Crippen molar-refractivity contribution in [3.8, 4) is 0 Å². The fourth-order valence-electron chi connectivity index (χ4n) is 3.48. The maximum Gasteiger partial charge on any atom is 0.417 e. The average Bonchev–Trinajstić information content (AvgIpc) is 3.23. The van der Waals surface area contributed by atoms with Crippen LogP contribution >= 0.6 is 11.3 Å². The number of benzene rings is 1. The molecule has 0 aliphatic carbocycles. The quantitative estimate of drug-likeness (QED) is 0.826. The zero-order chi connectivity index (χ0) is 18.3. The summed E-state index contributed by atoms with van der Waals surface area (Å²) < 4.78 is 5.80. The van der Waals surface area contributed by atoms with Gasteiger partial charge in [-0.15, -0.1) is 11.3 Å². The van der Waals surface area contributed by atoms with Crippen LogP contribution in [-0.4, -0.2) is 58.4 Å². The summed E-state index contributed by atoms with van der Waals surface area (Å²) in [5, 5.41) is 1.06. The Labute approximate surface area is 154 Å². The van der Waals surface area contributed by atoms with Gasteiger partial charge in [0.05, 0.1) is 15.2 Å². The summed E-state index contributed by atoms with van der Waals surface area (Å²) >= 11 is 1.62. The summed E-state index contributed by atoms with van der Waals surface area (Å²) in [7, 11) is 0. The van der Waals surface area contributed by atoms with Gasteiger partial charge in [-0.25, -0.2) is 14.7 Å². The van der Waals surface area contributed by atoms with E-state index in [-0.39, 0.29) is 24.5 Å². The first-order chi connectivity index (χ1) is 12.6. The predicted octanol–water partition coefficient (Wildman–Crippen LogP) is 2.44. The van der Waals surface area contributed by atoms with Crippen molar-refractivity contribution in [3.05, 3.63) is 28.8 Å². The number of carbonyl (C=O) groups excluding carboxylic acids is 3. The molecule has 0 N–H and O–H groups in total. The highest BCUT2D eigenvalue weighted by molar-refractivity contribution is 7.18. The molecule has 2 aliphatic heterocycles. The van der Waals surface area contributed by atoms with Crippen LogP contribution in [0.1, 0.15) is 35.1 Å². The molecule has 2 aromatic rings. The zero-order valence-electron chi connectivity index (χ0n) is 14.4. The number of cyclic esters (lactones) is 1. The molecule has 3 heterocycles. The minimum absolute atomic E-state index is 0.0212. The molecule has 1 aromatic heterocycles. The SMILES string of the molecule is CCc1nc2ccc(C(=O)N3CCC(N4C(=O)COC4=O)CC3)cc2s1. The van der Waals surface area contributed by atoms with Crippen molar-refractivity contribution in [3.63, 3.8) is 0 Å². The third-order valence-corrected chi connectivity index (χ3v) is 6.05. The minimum Gasteiger partial charge on any atom is -0.439 e. The Morgan fingerprint density at radius 2 is 2.08 bits per heavy atom. The molecule has 0 radical (unpaired) electrons. The third kappa shape index (κ3) is 2.94. The fraction of sp³-hybridized carbons (Fsp3) is 0.444. The minimum atomic E-state index is -0.567. The van der Waals surface area contributed by atoms with Gasteiger partial charge in [-0.05, 0) is 37.5 Å². The van der Waals surface area contributed by atoms with Gasteiger partial charge < -0.3 is 9.64 Å². The molecule has 3 amide bonds. The molecule has 0 spiro atoms. The van der Waals surface area contributed by atoms with Crippen LogP contribution in [0.3, 0.4) is 0 Å². The first-order valence-corrected chi connectivity index (χ1v) is 9.56. The van der Waals surface area contributed by atoms with Crippen LogP contribution < -0.4 is 0 Å². The number of rotatable bonds is 3. The van der Waals surface area contributed by atoms with Gasteiger partial charge in [-0.1, -0.05) is 6.92 Å². The van der Waals surface area contributed by atoms with Crippen molar-refractivity contribution < 1.29 is 19.1 Å². The van der Waals surface area contributed by atoms with Gasteiger partial charge in [0.2, 0.25) is 0 Å². The van der Waals surface area contributed by atoms with Crippen LogP contribution in [0.5, 0.6) is 0 Å². The second-order valence-electron chi connectivity index (χ2n) is 6.49. The van der Waals surface area contributed by atoms with Crippen molar-refractivity contribution >= 4 is 39.5 Å². The molecule has 4 rings (SSSR count). The second-order valence-corrected chi connectivity index (χ2v) is 7.60. The van der Waals surface area contributed by atoms with Crippen LogP contribution in [0.25, 0.3) is 10.2 Å². The standard InChI is InChI=1S/C18H19N3O4S/c1-2-15-19-13-4-3-11(9-14(13)26-15)17(23)20-7-5-12(6-8-20)21-16(22)10-25-18(21)24/h3-4,9,12H,2,5-8,10H2,1H3. The number of fused-ring (bicyclic) bond motifs is 1. The average molecular weight is 373 g/mol. The van der Waals surface area contributed by atoms with E-state index in [0.717, 1.165) is 21.6 Å². The number of ether oxygens (including phenoxy) is 1. The van der Waals surface area contributed by atoms with E-state index in [0.29, 0.717) is 31.5 Å². The van der Waals surface area contributed by atoms with Gasteiger partial charge in [-0.2, -0.15) is 0 Å². The van der Waals surface area contributed by atoms with E-state index in [1.165, 1.54) is 4.90 Å². The summed E-state index contributed by atoms with van der Waals surface area (Å²) in [5.41, 5.74) is 1.58. The molecule has 0 atom stereocenters. The van der Waals surface area contributed by atoms with Crippen molar-refractivity contribution in [2.24, 2.45) is 0 Å². The van der Waals surface area contributed by atoms with Crippen molar-refractivity contribution in [2.45, 2.75) is 32.2 Å². The lowest BCUT2D eigenvalue weighted by Crippen LogP contribution is -2.48. The van der Waals surface area contributed by atoms with Crippen LogP contribution in [-0.2, 0) is 16.0 Å². The predicted molar refractivity (Wildman–Crippen MR) is 96.1 cm³/mol. The topological polar surface area (TPSA) is 79.8 Å². The van der Waals surface area contributed by atoms with Crippen LogP contribution in [0.2, 0.25) is 0 Å². The maximum absolute atomic E-state index is 12.8. The van der Waals surface area contributed by atoms with Gasteiger partial charge in [0.25, 0.3) is 11.8 Å². The Balaban J connectivity index is 1.45. The highest BCUT2D eigenvalue weighted by Crippen LogP contribution is 2.26. The van der Waals surface area contributed by atoms with E-state index < -0.39 is 6.09 Å². The highest BCUT2D eigenvalue weighted by atomic mass is 32.1. The van der Waals surface area contributed by atoms with E-state index in [9.17, 15) is 14.4 Å². The van der Waals surface area contributed by atoms with Gasteiger partial charge >= 0.3 is 6.09 Å². The Morgan fingerprint density at radius 1 is 1.31 bits per heavy atom. The maximum atomic E-state index is 12.8. The first-order valence-electron chi connectivity index (χ1n) is 8.74. The number of piperidine rings is 1. The largest absolute Gasteiger partial charge is 0.439 e. The lowest BCUT2D eigenvalue weighted by molar-refractivity contribution is -0.127. The number of amides is 3. The van der Waals surface area contributed by atoms with Crippen molar-refractivity contribution in [2.75, 3.05) is 19.7 Å². The number of imide groups is 1. The molecule has 0 bridgehead atoms. The molecular formula is C18H19N3O4S. The fourth-order valence-corrected chi connectivity index (χ4v) is 4.43. The normalized spacial score (nSPS) is 18.7. The van der Waals surface area contributed by atoms with E-state index in [1.807, 2.05) is 18.2 Å². The molecule has 8 heteroatoms. The smallest absolute Gasteiger partial charge is 0.417 e. The van der Waals surface area contributed by atoms with E-state index in [4.69, 9.17) is 4.74 Å². The van der Waals surface area contributed by atoms with Crippen LogP contribution in [0.4, 0.5) is 4.79 Å². The van der Waals surface area contributed by atoms with E-state index >= 15 is 0 Å². The summed E-state index contributed by atoms with van der Waals surface area (Å²) in [6.45, 7) is 2.92. The lowest BCUT2D eigenvalue weighted by atomic mass is 10.0. The van der Waals surface area contributed by atoms with Gasteiger partial charge in [0.1, 0.15) is 0 Å². The molecule has 0 unspecified atom stereocenters. The second kappa shape index (κ2) is 6.68. The van der Waals surface area contributed by atoms with Gasteiger partial charge in [0, 0.05) is 24.7 Å². The number of aryl methyl sites for hydroxylation is 1. The molecule has 2 fully saturated rings. The molecule has 2 aliphatic rings. The Kier molecular flexibility index (Phi) is 4.36. The molecule has 26 heavy (non-hydrogen) atoms. The number of likely N-dealkylation sites (tertiary alicyclic amines) is 1. The number of thiazole rings is 1. The Morgan fingerprint density at radius 3 is 2.73 bits per heavy atom. The lowest BCUT2D eigenvalue weighted by Gasteiger charge is -2.34. The molecule has 2 saturated heterocycles. The van der Waals surface area contributed by atoms with E-state index in [2.05, 4.69) is 11.9 Å². The van der Waals surface area contributed by atoms with Crippen LogP contribution in [0.15, 0.2) is 18.2 Å². The molecule has 7 nitrogen and oxygen atoms in total. The van der Waals surface area contributed by atoms with Gasteiger partial charge in [-0.3, -0.25) is 9.59 Å². The highest BCUT2D eigenvalue weighted by Gasteiger charge is 2.39.